The van der Waals surface area contributed by atoms with E-state index in [2.05, 4.69) is 4.84 Å². The number of carboxylic acids is 1. The summed E-state index contributed by atoms with van der Waals surface area (Å²) < 4.78 is 5.21. The largest absolute Gasteiger partial charge is 0.494 e. The monoisotopic (exact) mass is 241 g/mol. The predicted octanol–water partition coefficient (Wildman–Crippen LogP) is 1.36. The topological polar surface area (TPSA) is 98.9 Å². The van der Waals surface area contributed by atoms with E-state index in [1.165, 1.54) is 12.1 Å². The fourth-order valence-corrected chi connectivity index (χ4v) is 1.11. The van der Waals surface area contributed by atoms with Gasteiger partial charge < -0.3 is 14.7 Å². The number of ether oxygens (including phenoxy) is 1. The second-order valence-electron chi connectivity index (χ2n) is 3.09. The molecule has 17 heavy (non-hydrogen) atoms. The number of nitrogens with zero attached hydrogens (tertiary/aromatic N) is 1. The molecule has 92 valence electrons. The van der Waals surface area contributed by atoms with E-state index in [4.69, 9.17) is 9.84 Å². The Morgan fingerprint density at radius 2 is 2.18 bits per heavy atom. The Bertz CT molecular complexity index is 406. The highest BCUT2D eigenvalue weighted by atomic mass is 16.9. The molecule has 0 fully saturated rings. The summed E-state index contributed by atoms with van der Waals surface area (Å²) in [6.07, 6.45) is 0.346. The maximum atomic E-state index is 10.7. The molecule has 1 aromatic carbocycles. The summed E-state index contributed by atoms with van der Waals surface area (Å²) in [5, 5.41) is 17.7. The molecule has 0 bridgehead atoms. The number of rotatable bonds is 7. The van der Waals surface area contributed by atoms with E-state index in [1.807, 2.05) is 0 Å². The molecule has 7 heteroatoms. The lowest BCUT2D eigenvalue weighted by Gasteiger charge is -2.06. The van der Waals surface area contributed by atoms with Crippen LogP contribution >= 0.6 is 0 Å². The molecular weight excluding hydrogens is 230 g/mol. The van der Waals surface area contributed by atoms with Crippen molar-refractivity contribution >= 4 is 5.97 Å². The Kier molecular flexibility index (Phi) is 4.74. The third kappa shape index (κ3) is 4.83. The summed E-state index contributed by atoms with van der Waals surface area (Å²) in [4.78, 5) is 24.6. The molecular formula is C10H11NO6. The Morgan fingerprint density at radius 3 is 2.82 bits per heavy atom. The van der Waals surface area contributed by atoms with Crippen LogP contribution in [0.2, 0.25) is 0 Å². The smallest absolute Gasteiger partial charge is 0.335 e. The van der Waals surface area contributed by atoms with E-state index in [0.717, 1.165) is 0 Å². The van der Waals surface area contributed by atoms with Gasteiger partial charge in [-0.2, -0.15) is 0 Å². The average molecular weight is 241 g/mol. The first-order chi connectivity index (χ1) is 8.09. The number of benzene rings is 1. The lowest BCUT2D eigenvalue weighted by atomic mass is 10.2. The van der Waals surface area contributed by atoms with E-state index in [-0.39, 0.29) is 18.8 Å². The van der Waals surface area contributed by atoms with E-state index in [1.54, 1.807) is 12.1 Å². The third-order valence-electron chi connectivity index (χ3n) is 1.84. The molecule has 0 unspecified atom stereocenters. The SMILES string of the molecule is O=C(O)c1cccc(OCCCO[N+](=O)[O-])c1. The number of hydrogen-bond donors (Lipinski definition) is 1. The van der Waals surface area contributed by atoms with E-state index in [0.29, 0.717) is 12.2 Å². The van der Waals surface area contributed by atoms with Crippen LogP contribution in [0.5, 0.6) is 5.75 Å². The van der Waals surface area contributed by atoms with Crippen LogP contribution in [0, 0.1) is 10.1 Å². The molecule has 0 aromatic heterocycles. The number of hydrogen-bond acceptors (Lipinski definition) is 5. The van der Waals surface area contributed by atoms with Crippen LogP contribution in [0.25, 0.3) is 0 Å². The van der Waals surface area contributed by atoms with Crippen molar-refractivity contribution in [3.8, 4) is 5.75 Å². The fourth-order valence-electron chi connectivity index (χ4n) is 1.11. The van der Waals surface area contributed by atoms with Crippen LogP contribution < -0.4 is 4.74 Å². The van der Waals surface area contributed by atoms with Crippen LogP contribution in [0.3, 0.4) is 0 Å². The van der Waals surface area contributed by atoms with Crippen molar-refractivity contribution in [3.05, 3.63) is 39.9 Å². The summed E-state index contributed by atoms with van der Waals surface area (Å²) in [5.74, 6) is -0.627. The van der Waals surface area contributed by atoms with Crippen LogP contribution in [0.15, 0.2) is 24.3 Å². The van der Waals surface area contributed by atoms with Gasteiger partial charge in [0.25, 0.3) is 5.09 Å². The van der Waals surface area contributed by atoms with E-state index >= 15 is 0 Å². The molecule has 0 spiro atoms. The van der Waals surface area contributed by atoms with Crippen molar-refractivity contribution in [1.29, 1.82) is 0 Å². The zero-order valence-corrected chi connectivity index (χ0v) is 8.87. The van der Waals surface area contributed by atoms with Crippen LogP contribution in [0.4, 0.5) is 0 Å². The lowest BCUT2D eigenvalue weighted by Crippen LogP contribution is -2.07. The van der Waals surface area contributed by atoms with Crippen molar-refractivity contribution in [1.82, 2.24) is 0 Å². The molecule has 0 saturated carbocycles. The van der Waals surface area contributed by atoms with Crippen molar-refractivity contribution in [2.24, 2.45) is 0 Å². The first-order valence-electron chi connectivity index (χ1n) is 4.83. The van der Waals surface area contributed by atoms with Gasteiger partial charge >= 0.3 is 5.97 Å². The first-order valence-corrected chi connectivity index (χ1v) is 4.83. The molecule has 0 heterocycles. The average Bonchev–Trinajstić information content (AvgIpc) is 2.28. The summed E-state index contributed by atoms with van der Waals surface area (Å²) in [5.41, 5.74) is 0.129. The highest BCUT2D eigenvalue weighted by Crippen LogP contribution is 2.13. The molecule has 7 nitrogen and oxygen atoms in total. The third-order valence-corrected chi connectivity index (χ3v) is 1.84. The quantitative estimate of drug-likeness (QED) is 0.439. The number of carbonyl (C=O) groups is 1. The minimum absolute atomic E-state index is 0.0500. The van der Waals surface area contributed by atoms with Crippen LogP contribution in [-0.2, 0) is 4.84 Å². The van der Waals surface area contributed by atoms with Crippen molar-refractivity contribution in [2.45, 2.75) is 6.42 Å². The van der Waals surface area contributed by atoms with Gasteiger partial charge in [0.1, 0.15) is 5.75 Å². The van der Waals surface area contributed by atoms with E-state index < -0.39 is 11.1 Å². The van der Waals surface area contributed by atoms with Gasteiger partial charge in [-0.25, -0.2) is 4.79 Å². The van der Waals surface area contributed by atoms with Crippen LogP contribution in [0.1, 0.15) is 16.8 Å². The zero-order chi connectivity index (χ0) is 12.7. The molecule has 1 rings (SSSR count). The minimum atomic E-state index is -1.04. The molecule has 1 N–H and O–H groups in total. The highest BCUT2D eigenvalue weighted by molar-refractivity contribution is 5.87. The Balaban J connectivity index is 2.34. The van der Waals surface area contributed by atoms with Gasteiger partial charge in [0.2, 0.25) is 0 Å². The molecule has 0 aliphatic rings. The molecule has 0 aliphatic heterocycles. The summed E-state index contributed by atoms with van der Waals surface area (Å²) in [6, 6.07) is 6.01. The number of aromatic carboxylic acids is 1. The normalized spacial score (nSPS) is 9.65. The fraction of sp³-hybridized carbons (Fsp3) is 0.300. The maximum absolute atomic E-state index is 10.7. The van der Waals surface area contributed by atoms with Gasteiger partial charge in [0.05, 0.1) is 18.8 Å². The lowest BCUT2D eigenvalue weighted by molar-refractivity contribution is -0.757. The minimum Gasteiger partial charge on any atom is -0.494 e. The maximum Gasteiger partial charge on any atom is 0.335 e. The molecule has 0 saturated heterocycles. The van der Waals surface area contributed by atoms with Crippen molar-refractivity contribution in [2.75, 3.05) is 13.2 Å². The van der Waals surface area contributed by atoms with Gasteiger partial charge in [-0.1, -0.05) is 6.07 Å². The van der Waals surface area contributed by atoms with Gasteiger partial charge in [0.15, 0.2) is 0 Å². The molecule has 0 aliphatic carbocycles. The van der Waals surface area contributed by atoms with Gasteiger partial charge in [-0.3, -0.25) is 0 Å². The predicted molar refractivity (Wildman–Crippen MR) is 56.5 cm³/mol. The van der Waals surface area contributed by atoms with Crippen LogP contribution in [-0.4, -0.2) is 29.4 Å². The van der Waals surface area contributed by atoms with Crippen molar-refractivity contribution in [3.63, 3.8) is 0 Å². The molecule has 0 atom stereocenters. The summed E-state index contributed by atoms with van der Waals surface area (Å²) in [6.45, 7) is 0.169. The Hall–Kier alpha value is -2.31. The molecule has 0 radical (unpaired) electrons. The second kappa shape index (κ2) is 6.31. The Morgan fingerprint density at radius 1 is 1.41 bits per heavy atom. The number of carboxylic acid groups (broad SMARTS) is 1. The first kappa shape index (κ1) is 12.8. The standard InChI is InChI=1S/C10H11NO6/c12-10(13)8-3-1-4-9(7-8)16-5-2-6-17-11(14)15/h1,3-4,7H,2,5-6H2,(H,12,13). The molecule has 1 aromatic rings. The summed E-state index contributed by atoms with van der Waals surface area (Å²) in [7, 11) is 0. The van der Waals surface area contributed by atoms with Gasteiger partial charge in [0, 0.05) is 6.42 Å². The van der Waals surface area contributed by atoms with Gasteiger partial charge in [-0.05, 0) is 18.2 Å². The van der Waals surface area contributed by atoms with Gasteiger partial charge in [-0.15, -0.1) is 10.1 Å². The zero-order valence-electron chi connectivity index (χ0n) is 8.87. The Labute approximate surface area is 96.7 Å². The van der Waals surface area contributed by atoms with Crippen molar-refractivity contribution < 1.29 is 24.6 Å². The molecule has 0 amide bonds. The van der Waals surface area contributed by atoms with E-state index in [9.17, 15) is 14.9 Å². The second-order valence-corrected chi connectivity index (χ2v) is 3.09. The highest BCUT2D eigenvalue weighted by Gasteiger charge is 2.03. The summed E-state index contributed by atoms with van der Waals surface area (Å²) >= 11 is 0.